The molecule has 0 saturated heterocycles. The molecule has 0 saturated carbocycles. The molecule has 0 bridgehead atoms. The maximum atomic E-state index is 12.9. The van der Waals surface area contributed by atoms with E-state index < -0.39 is 0 Å². The molecule has 0 rings (SSSR count). The van der Waals surface area contributed by atoms with Gasteiger partial charge in [0.1, 0.15) is 0 Å². The Balaban J connectivity index is -0.000000868. The van der Waals surface area contributed by atoms with Gasteiger partial charge in [0.25, 0.3) is 29.5 Å². The predicted octanol–water partition coefficient (Wildman–Crippen LogP) is 13.7. The summed E-state index contributed by atoms with van der Waals surface area (Å²) in [6.07, 6.45) is 61.0. The number of quaternary nitrogens is 5. The van der Waals surface area contributed by atoms with E-state index in [1.165, 1.54) is 218 Å². The molecule has 23 N–H and O–H groups in total. The molecule has 5 atom stereocenters. The van der Waals surface area contributed by atoms with Crippen LogP contribution >= 0.6 is 0 Å². The minimum Gasteiger partial charge on any atom is -0.356 e. The van der Waals surface area contributed by atoms with E-state index in [0.717, 1.165) is 89.9 Å². The Morgan fingerprint density at radius 3 is 0.442 bits per heavy atom. The average Bonchev–Trinajstić information content (AvgIpc) is 0.922. The molecule has 29 heteroatoms. The van der Waals surface area contributed by atoms with Crippen LogP contribution in [0.2, 0.25) is 0 Å². The lowest BCUT2D eigenvalue weighted by Gasteiger charge is -2.23. The molecule has 0 radical (unpaired) electrons. The lowest BCUT2D eigenvalue weighted by molar-refractivity contribution is -0.414. The molecular weight excluding hydrogens is 1740 g/mol. The van der Waals surface area contributed by atoms with Crippen molar-refractivity contribution >= 4 is 70.9 Å². The van der Waals surface area contributed by atoms with Gasteiger partial charge in [0, 0.05) is 160 Å². The second kappa shape index (κ2) is 97.9. The molecule has 0 aromatic heterocycles. The number of carbonyl (C=O) groups is 12. The van der Waals surface area contributed by atoms with E-state index in [0.29, 0.717) is 143 Å². The zero-order valence-corrected chi connectivity index (χ0v) is 92.5. The van der Waals surface area contributed by atoms with E-state index in [2.05, 4.69) is 98.9 Å². The molecule has 0 aromatic carbocycles. The Kier molecular flexibility index (Phi) is 97.7. The highest BCUT2D eigenvalue weighted by Crippen LogP contribution is 2.19. The van der Waals surface area contributed by atoms with Crippen molar-refractivity contribution in [3.63, 3.8) is 0 Å². The monoisotopic (exact) mass is 1960 g/mol. The fraction of sp³-hybridized carbons (Fsp3) is 0.890. The summed E-state index contributed by atoms with van der Waals surface area (Å²) in [6, 6.07) is -1.35. The van der Waals surface area contributed by atoms with Crippen LogP contribution < -0.4 is 71.2 Å². The summed E-state index contributed by atoms with van der Waals surface area (Å²) in [5.41, 5.74) is 19.0. The average molecular weight is 1970 g/mol. The summed E-state index contributed by atoms with van der Waals surface area (Å²) in [5.74, 6) is 0.913. The van der Waals surface area contributed by atoms with Crippen molar-refractivity contribution in [3.8, 4) is 0 Å². The molecule has 812 valence electrons. The molecule has 0 spiro atoms. The maximum absolute atomic E-state index is 12.9. The minimum atomic E-state index is -0.275. The Morgan fingerprint density at radius 1 is 0.181 bits per heavy atom. The first-order valence-electron chi connectivity index (χ1n) is 56.5. The Morgan fingerprint density at radius 2 is 0.312 bits per heavy atom. The highest BCUT2D eigenvalue weighted by Gasteiger charge is 2.25. The Labute approximate surface area is 843 Å². The molecular formula is C109H224N17O12+5. The predicted molar refractivity (Wildman–Crippen MR) is 567 cm³/mol. The van der Waals surface area contributed by atoms with Crippen LogP contribution in [0, 0.1) is 29.6 Å². The normalized spacial score (nSPS) is 12.2. The van der Waals surface area contributed by atoms with Gasteiger partial charge in [-0.05, 0) is 97.8 Å². The van der Waals surface area contributed by atoms with Gasteiger partial charge in [-0.25, -0.2) is 0 Å². The summed E-state index contributed by atoms with van der Waals surface area (Å²) < 4.78 is 0. The van der Waals surface area contributed by atoms with Crippen molar-refractivity contribution in [2.45, 2.75) is 495 Å². The third-order valence-corrected chi connectivity index (χ3v) is 25.3. The molecule has 0 unspecified atom stereocenters. The van der Waals surface area contributed by atoms with Gasteiger partial charge in [-0.1, -0.05) is 341 Å². The fourth-order valence-electron chi connectivity index (χ4n) is 15.3. The molecule has 0 aliphatic heterocycles. The summed E-state index contributed by atoms with van der Waals surface area (Å²) in [6.45, 7) is 42.9. The van der Waals surface area contributed by atoms with Gasteiger partial charge >= 0.3 is 0 Å². The van der Waals surface area contributed by atoms with Crippen molar-refractivity contribution in [2.75, 3.05) is 105 Å². The van der Waals surface area contributed by atoms with Gasteiger partial charge < -0.3 is 90.8 Å². The fourth-order valence-corrected chi connectivity index (χ4v) is 15.3. The van der Waals surface area contributed by atoms with E-state index in [4.69, 9.17) is 0 Å². The van der Waals surface area contributed by atoms with E-state index in [1.54, 1.807) is 20.8 Å². The first-order chi connectivity index (χ1) is 66.0. The van der Waals surface area contributed by atoms with Crippen LogP contribution in [0.4, 0.5) is 0 Å². The number of rotatable bonds is 88. The van der Waals surface area contributed by atoms with Crippen molar-refractivity contribution in [3.05, 3.63) is 0 Å². The number of nitrogens with zero attached hydrogens (tertiary/aromatic N) is 4. The lowest BCUT2D eigenvalue weighted by Crippen LogP contribution is -2.69. The van der Waals surface area contributed by atoms with Crippen molar-refractivity contribution < 1.29 is 86.2 Å². The van der Waals surface area contributed by atoms with Crippen LogP contribution in [0.3, 0.4) is 0 Å². The minimum absolute atomic E-state index is 0.0292. The van der Waals surface area contributed by atoms with Gasteiger partial charge in [-0.15, -0.1) is 0 Å². The lowest BCUT2D eigenvalue weighted by atomic mass is 10.0. The zero-order chi connectivity index (χ0) is 104. The van der Waals surface area contributed by atoms with E-state index in [-0.39, 0.29) is 131 Å². The quantitative estimate of drug-likeness (QED) is 0.0253. The number of nitrogens with one attached hydrogen (secondary N) is 8. The number of unbranched alkanes of at least 4 members (excludes halogenated alkanes) is 38. The number of carbonyl (C=O) groups excluding carboxylic acids is 12. The molecule has 0 aliphatic carbocycles. The van der Waals surface area contributed by atoms with E-state index in [1.807, 2.05) is 88.8 Å². The summed E-state index contributed by atoms with van der Waals surface area (Å²) in [4.78, 5) is 154. The van der Waals surface area contributed by atoms with Crippen LogP contribution in [0.25, 0.3) is 0 Å². The standard InChI is InChI=1S/C29H58N4O3.C28H57N5O3.C27H54N4O3.C25H50N4O3/c1-5-6-7-8-9-10-11-12-13-14-15-16-17-20-27(34)33(23-18-21-31-28(35)25(2)3)24-19-22-32-29(36)26(4)30;1-6-7-8-9-10-11-12-13-14-17-24(34)33(20-15-18-31-27(35)25(29)22(2)3)21-16-19-32-28(36)26(30)23(4)5;1-5-6-7-8-9-10-11-12-13-14-15-18-25(32)31(21-16-19-29-26(33)23(2)3)22-17-20-30-27(34)24(4)28;1-5-6-7-8-9-10-11-12-13-16-23(30)29(19-14-17-27-24(31)21(2)3)20-15-18-28-25(32)22(4)26/h25-26H,5-24,30H2,1-4H3,(H,31,35)(H,32,36);22-23,25-26H,6-21,29-30H2,1-5H3,(H,31,35)(H,32,36);23-24H,5-22,28H2,1-4H3,(H,29,33)(H,30,34);21-22H,5-20,26H2,1-4H3,(H,27,31)(H,28,32)/p+5/t26-;25-,26-;24-;22-/m0000/s1. The zero-order valence-electron chi connectivity index (χ0n) is 92.5. The Bertz CT molecular complexity index is 2860. The SMILES string of the molecule is CCCCCCCCCCCC(=O)N(CCCNC(=O)C(C)C)CCCNC(=O)[C@H](C)[NH3+].CCCCCCCCCCCC(=O)N(CCCNC(=O)[C@@H]([NH3+])C(C)C)CCCNC(=O)[C@@H]([NH3+])C(C)C.CCCCCCCCCCCCCC(=O)N(CCCNC(=O)C(C)C)CCCNC(=O)[C@H](C)[NH3+].CCCCCCCCCCCCCCCC(=O)N(CCCNC(=O)C(C)C)CCCNC(=O)[C@H](C)[NH3+]. The molecule has 138 heavy (non-hydrogen) atoms. The van der Waals surface area contributed by atoms with Gasteiger partial charge in [-0.3, -0.25) is 57.5 Å². The molecule has 0 aromatic rings. The molecule has 0 aliphatic rings. The molecule has 12 amide bonds. The highest BCUT2D eigenvalue weighted by molar-refractivity contribution is 5.83. The highest BCUT2D eigenvalue weighted by atomic mass is 16.2. The summed E-state index contributed by atoms with van der Waals surface area (Å²) >= 11 is 0. The van der Waals surface area contributed by atoms with Crippen LogP contribution in [0.5, 0.6) is 0 Å². The van der Waals surface area contributed by atoms with Gasteiger partial charge in [-0.2, -0.15) is 0 Å². The van der Waals surface area contributed by atoms with Crippen LogP contribution in [0.1, 0.15) is 464 Å². The first kappa shape index (κ1) is 138. The second-order valence-corrected chi connectivity index (χ2v) is 41.0. The molecule has 0 heterocycles. The number of amides is 12. The Hall–Kier alpha value is -6.56. The maximum Gasteiger partial charge on any atom is 0.278 e. The summed E-state index contributed by atoms with van der Waals surface area (Å²) in [7, 11) is 0. The topological polar surface area (TPSA) is 452 Å². The van der Waals surface area contributed by atoms with Crippen molar-refractivity contribution in [1.82, 2.24) is 62.1 Å². The van der Waals surface area contributed by atoms with Crippen LogP contribution in [-0.2, 0) is 57.5 Å². The molecule has 29 nitrogen and oxygen atoms in total. The third-order valence-electron chi connectivity index (χ3n) is 25.3. The van der Waals surface area contributed by atoms with Gasteiger partial charge in [0.05, 0.1) is 0 Å². The van der Waals surface area contributed by atoms with Gasteiger partial charge in [0.15, 0.2) is 30.2 Å². The van der Waals surface area contributed by atoms with Crippen LogP contribution in [0.15, 0.2) is 0 Å². The van der Waals surface area contributed by atoms with Crippen molar-refractivity contribution in [2.24, 2.45) is 29.6 Å². The number of hydrogen-bond donors (Lipinski definition) is 13. The first-order valence-corrected chi connectivity index (χ1v) is 56.5. The molecule has 0 fully saturated rings. The van der Waals surface area contributed by atoms with E-state index >= 15 is 0 Å². The smallest absolute Gasteiger partial charge is 0.278 e. The number of hydrogen-bond acceptors (Lipinski definition) is 12. The largest absolute Gasteiger partial charge is 0.356 e. The van der Waals surface area contributed by atoms with Crippen molar-refractivity contribution in [1.29, 1.82) is 0 Å². The van der Waals surface area contributed by atoms with Gasteiger partial charge in [0.2, 0.25) is 41.4 Å². The summed E-state index contributed by atoms with van der Waals surface area (Å²) in [5, 5.41) is 23.2. The van der Waals surface area contributed by atoms with Crippen LogP contribution in [-0.4, -0.2) is 225 Å². The third kappa shape index (κ3) is 88.4. The second-order valence-electron chi connectivity index (χ2n) is 41.0. The van der Waals surface area contributed by atoms with E-state index in [9.17, 15) is 57.5 Å².